The Bertz CT molecular complexity index is 1300. The summed E-state index contributed by atoms with van der Waals surface area (Å²) in [5.41, 5.74) is 2.18. The van der Waals surface area contributed by atoms with Crippen molar-refractivity contribution in [3.8, 4) is 11.5 Å². The molecule has 1 aromatic carbocycles. The summed E-state index contributed by atoms with van der Waals surface area (Å²) in [4.78, 5) is 35.3. The molecule has 0 spiro atoms. The molecule has 0 radical (unpaired) electrons. The van der Waals surface area contributed by atoms with Gasteiger partial charge in [0, 0.05) is 25.2 Å². The van der Waals surface area contributed by atoms with Gasteiger partial charge in [0.15, 0.2) is 11.5 Å². The number of aryl methyl sites for hydroxylation is 2. The number of aromatic nitrogens is 3. The summed E-state index contributed by atoms with van der Waals surface area (Å²) in [7, 11) is 3.07. The molecule has 1 fully saturated rings. The van der Waals surface area contributed by atoms with Crippen molar-refractivity contribution in [1.82, 2.24) is 14.1 Å². The van der Waals surface area contributed by atoms with E-state index in [4.69, 9.17) is 14.5 Å². The van der Waals surface area contributed by atoms with Gasteiger partial charge in [-0.3, -0.25) is 23.7 Å². The molecule has 3 aromatic rings. The number of methoxy groups -OCH3 is 2. The van der Waals surface area contributed by atoms with Crippen LogP contribution in [-0.4, -0.2) is 40.3 Å². The highest BCUT2D eigenvalue weighted by Crippen LogP contribution is 2.29. The van der Waals surface area contributed by atoms with Gasteiger partial charge in [-0.1, -0.05) is 19.3 Å². The second kappa shape index (κ2) is 10.7. The Morgan fingerprint density at radius 1 is 1.12 bits per heavy atom. The lowest BCUT2D eigenvalue weighted by Crippen LogP contribution is -2.29. The minimum Gasteiger partial charge on any atom is -0.493 e. The van der Waals surface area contributed by atoms with Crippen LogP contribution < -0.4 is 20.5 Å². The normalized spacial score (nSPS) is 15.0. The zero-order chi connectivity index (χ0) is 24.1. The molecule has 0 saturated heterocycles. The van der Waals surface area contributed by atoms with Crippen LogP contribution in [0.5, 0.6) is 11.5 Å². The average molecular weight is 465 g/mol. The highest BCUT2D eigenvalue weighted by atomic mass is 16.5. The summed E-state index contributed by atoms with van der Waals surface area (Å²) in [6.45, 7) is 2.40. The molecule has 8 nitrogen and oxygen atoms in total. The topological polar surface area (TPSA) is 87.7 Å². The molecule has 2 aromatic heterocycles. The number of fused-ring (bicyclic) bond motifs is 1. The standard InChI is InChI=1S/C26H32N4O4/c1-18-11-13-30(24(14-18)28-19-8-5-4-6-9-19)25(31)10-7-12-29-17-27-21-16-23(34-3)22(33-2)15-20(21)26(29)32/h11,13-17,19H,4-10,12H2,1-3H3. The maximum Gasteiger partial charge on any atom is 0.261 e. The van der Waals surface area contributed by atoms with Gasteiger partial charge in [-0.05, 0) is 49.9 Å². The van der Waals surface area contributed by atoms with Crippen molar-refractivity contribution in [2.45, 2.75) is 64.5 Å². The van der Waals surface area contributed by atoms with Crippen LogP contribution in [0.4, 0.5) is 0 Å². The van der Waals surface area contributed by atoms with E-state index in [0.717, 1.165) is 23.9 Å². The number of hydrogen-bond acceptors (Lipinski definition) is 6. The van der Waals surface area contributed by atoms with Gasteiger partial charge >= 0.3 is 0 Å². The van der Waals surface area contributed by atoms with E-state index in [1.807, 2.05) is 25.3 Å². The third-order valence-electron chi connectivity index (χ3n) is 6.37. The van der Waals surface area contributed by atoms with Crippen LogP contribution in [0.1, 0.15) is 55.3 Å². The molecule has 180 valence electrons. The van der Waals surface area contributed by atoms with E-state index in [2.05, 4.69) is 4.98 Å². The fourth-order valence-corrected chi connectivity index (χ4v) is 4.46. The molecule has 0 unspecified atom stereocenters. The Hall–Kier alpha value is -3.42. The summed E-state index contributed by atoms with van der Waals surface area (Å²) in [5.74, 6) is 0.976. The fourth-order valence-electron chi connectivity index (χ4n) is 4.46. The Morgan fingerprint density at radius 2 is 1.85 bits per heavy atom. The molecule has 0 bridgehead atoms. The third kappa shape index (κ3) is 5.21. The zero-order valence-electron chi connectivity index (χ0n) is 20.1. The Morgan fingerprint density at radius 3 is 2.59 bits per heavy atom. The number of rotatable bonds is 7. The van der Waals surface area contributed by atoms with Crippen LogP contribution in [0.15, 0.2) is 46.6 Å². The minimum atomic E-state index is -0.172. The lowest BCUT2D eigenvalue weighted by molar-refractivity contribution is 0.0892. The number of nitrogens with zero attached hydrogens (tertiary/aromatic N) is 4. The van der Waals surface area contributed by atoms with Crippen LogP contribution in [-0.2, 0) is 6.54 Å². The fraction of sp³-hybridized carbons (Fsp3) is 0.462. The van der Waals surface area contributed by atoms with Gasteiger partial charge in [0.1, 0.15) is 5.49 Å². The van der Waals surface area contributed by atoms with Crippen LogP contribution >= 0.6 is 0 Å². The first-order valence-corrected chi connectivity index (χ1v) is 11.9. The van der Waals surface area contributed by atoms with Crippen molar-refractivity contribution >= 4 is 16.8 Å². The number of pyridine rings is 1. The molecule has 8 heteroatoms. The smallest absolute Gasteiger partial charge is 0.261 e. The van der Waals surface area contributed by atoms with E-state index in [1.54, 1.807) is 23.8 Å². The van der Waals surface area contributed by atoms with Crippen LogP contribution in [0.25, 0.3) is 10.9 Å². The molecule has 1 aliphatic carbocycles. The van der Waals surface area contributed by atoms with Crippen molar-refractivity contribution in [2.75, 3.05) is 14.2 Å². The summed E-state index contributed by atoms with van der Waals surface area (Å²) in [6.07, 6.45) is 9.96. The van der Waals surface area contributed by atoms with E-state index < -0.39 is 0 Å². The van der Waals surface area contributed by atoms with E-state index in [1.165, 1.54) is 37.3 Å². The summed E-state index contributed by atoms with van der Waals surface area (Å²) in [5, 5.41) is 0.452. The monoisotopic (exact) mass is 464 g/mol. The molecular weight excluding hydrogens is 432 g/mol. The predicted molar refractivity (Wildman–Crippen MR) is 131 cm³/mol. The molecule has 0 atom stereocenters. The van der Waals surface area contributed by atoms with Gasteiger partial charge in [-0.25, -0.2) is 4.98 Å². The SMILES string of the molecule is COc1cc2ncn(CCCC(=O)n3ccc(C)cc3=NC3CCCCC3)c(=O)c2cc1OC. The third-order valence-corrected chi connectivity index (χ3v) is 6.37. The molecule has 2 heterocycles. The molecule has 0 N–H and O–H groups in total. The average Bonchev–Trinajstić information content (AvgIpc) is 2.85. The maximum atomic E-state index is 13.0. The number of carbonyl (C=O) groups is 1. The lowest BCUT2D eigenvalue weighted by Gasteiger charge is -2.18. The maximum absolute atomic E-state index is 13.0. The van der Waals surface area contributed by atoms with Crippen molar-refractivity contribution in [3.63, 3.8) is 0 Å². The second-order valence-electron chi connectivity index (χ2n) is 8.82. The highest BCUT2D eigenvalue weighted by molar-refractivity contribution is 5.81. The van der Waals surface area contributed by atoms with Gasteiger partial charge in [0.05, 0.1) is 37.5 Å². The number of carbonyl (C=O) groups excluding carboxylic acids is 1. The summed E-state index contributed by atoms with van der Waals surface area (Å²) >= 11 is 0. The van der Waals surface area contributed by atoms with Crippen molar-refractivity contribution in [1.29, 1.82) is 0 Å². The lowest BCUT2D eigenvalue weighted by atomic mass is 9.96. The summed E-state index contributed by atoms with van der Waals surface area (Å²) in [6, 6.07) is 7.53. The van der Waals surface area contributed by atoms with Gasteiger partial charge in [-0.2, -0.15) is 0 Å². The van der Waals surface area contributed by atoms with Gasteiger partial charge in [0.25, 0.3) is 5.56 Å². The van der Waals surface area contributed by atoms with Gasteiger partial charge in [-0.15, -0.1) is 0 Å². The van der Waals surface area contributed by atoms with Crippen molar-refractivity contribution in [2.24, 2.45) is 4.99 Å². The van der Waals surface area contributed by atoms with Crippen LogP contribution in [0.2, 0.25) is 0 Å². The second-order valence-corrected chi connectivity index (χ2v) is 8.82. The zero-order valence-corrected chi connectivity index (χ0v) is 20.1. The summed E-state index contributed by atoms with van der Waals surface area (Å²) < 4.78 is 13.8. The number of hydrogen-bond donors (Lipinski definition) is 0. The first-order valence-electron chi connectivity index (χ1n) is 11.9. The first kappa shape index (κ1) is 23.7. The quantitative estimate of drug-likeness (QED) is 0.530. The van der Waals surface area contributed by atoms with Crippen molar-refractivity contribution < 1.29 is 14.3 Å². The van der Waals surface area contributed by atoms with E-state index in [9.17, 15) is 9.59 Å². The number of ether oxygens (including phenoxy) is 2. The highest BCUT2D eigenvalue weighted by Gasteiger charge is 2.14. The molecule has 1 aliphatic rings. The van der Waals surface area contributed by atoms with Gasteiger partial charge < -0.3 is 9.47 Å². The molecule has 0 amide bonds. The van der Waals surface area contributed by atoms with Gasteiger partial charge in [0.2, 0.25) is 5.91 Å². The first-order chi connectivity index (χ1) is 16.5. The Balaban J connectivity index is 1.50. The molecule has 0 aliphatic heterocycles. The van der Waals surface area contributed by atoms with E-state index in [-0.39, 0.29) is 17.5 Å². The Labute approximate surface area is 198 Å². The minimum absolute atomic E-state index is 0.0252. The Kier molecular flexibility index (Phi) is 7.45. The van der Waals surface area contributed by atoms with Crippen LogP contribution in [0, 0.1) is 6.92 Å². The van der Waals surface area contributed by atoms with E-state index in [0.29, 0.717) is 41.8 Å². The molecule has 34 heavy (non-hydrogen) atoms. The molecule has 1 saturated carbocycles. The number of benzene rings is 1. The van der Waals surface area contributed by atoms with Crippen molar-refractivity contribution in [3.05, 3.63) is 58.2 Å². The predicted octanol–water partition coefficient (Wildman–Crippen LogP) is 3.88. The largest absolute Gasteiger partial charge is 0.493 e. The van der Waals surface area contributed by atoms with E-state index >= 15 is 0 Å². The molecular formula is C26H32N4O4. The van der Waals surface area contributed by atoms with Crippen LogP contribution in [0.3, 0.4) is 0 Å². The molecule has 4 rings (SSSR count).